The van der Waals surface area contributed by atoms with Crippen LogP contribution in [0.25, 0.3) is 0 Å². The highest BCUT2D eigenvalue weighted by atomic mass is 35.5. The minimum atomic E-state index is -5.18. The normalized spacial score (nSPS) is 10.8. The van der Waals surface area contributed by atoms with Crippen LogP contribution in [0.15, 0.2) is 6.20 Å². The number of thiazole rings is 1. The van der Waals surface area contributed by atoms with Crippen LogP contribution in [0.4, 0.5) is 23.1 Å². The van der Waals surface area contributed by atoms with Crippen molar-refractivity contribution in [2.45, 2.75) is 6.18 Å². The second-order valence-electron chi connectivity index (χ2n) is 2.41. The van der Waals surface area contributed by atoms with Crippen molar-refractivity contribution in [1.82, 2.24) is 10.5 Å². The summed E-state index contributed by atoms with van der Waals surface area (Å²) in [5.74, 6) is -2.54. The molecule has 0 radical (unpaired) electrons. The van der Waals surface area contributed by atoms with Gasteiger partial charge in [-0.05, 0) is 0 Å². The number of anilines is 1. The highest BCUT2D eigenvalue weighted by Gasteiger charge is 2.42. The molecule has 0 unspecified atom stereocenters. The quantitative estimate of drug-likeness (QED) is 0.774. The molecule has 1 heterocycles. The van der Waals surface area contributed by atoms with E-state index in [0.29, 0.717) is 0 Å². The average Bonchev–Trinajstić information content (AvgIpc) is 2.58. The largest absolute Gasteiger partial charge is 0.493 e. The van der Waals surface area contributed by atoms with Gasteiger partial charge in [-0.1, -0.05) is 22.9 Å². The van der Waals surface area contributed by atoms with E-state index in [1.54, 1.807) is 0 Å². The van der Waals surface area contributed by atoms with Gasteiger partial charge in [0.25, 0.3) is 0 Å². The van der Waals surface area contributed by atoms with E-state index in [2.05, 4.69) is 9.82 Å². The fraction of sp³-hybridized carbons (Fsp3) is 0.167. The molecular weight excluding hydrogens is 287 g/mol. The summed E-state index contributed by atoms with van der Waals surface area (Å²) in [4.78, 5) is 28.2. The van der Waals surface area contributed by atoms with Crippen molar-refractivity contribution in [2.75, 3.05) is 5.32 Å². The number of aromatic nitrogens is 1. The molecule has 0 fully saturated rings. The van der Waals surface area contributed by atoms with Crippen molar-refractivity contribution in [1.29, 1.82) is 0 Å². The molecule has 94 valence electrons. The monoisotopic (exact) mass is 289 g/mol. The number of hydrogen-bond donors (Lipinski definition) is 2. The predicted octanol–water partition coefficient (Wildman–Crippen LogP) is 1.94. The molecule has 0 saturated heterocycles. The highest BCUT2D eigenvalue weighted by Crippen LogP contribution is 2.22. The third-order valence-electron chi connectivity index (χ3n) is 1.17. The summed E-state index contributed by atoms with van der Waals surface area (Å²) in [6.07, 6.45) is -3.96. The SMILES string of the molecule is O=C(NOC(=O)C(F)(F)F)Nc1ncc(Cl)s1. The molecule has 6 nitrogen and oxygen atoms in total. The van der Waals surface area contributed by atoms with Crippen LogP contribution >= 0.6 is 22.9 Å². The Bertz CT molecular complexity index is 436. The molecule has 0 aliphatic carbocycles. The molecule has 11 heteroatoms. The first-order valence-electron chi connectivity index (χ1n) is 3.75. The van der Waals surface area contributed by atoms with Gasteiger partial charge in [0, 0.05) is 0 Å². The number of alkyl halides is 3. The van der Waals surface area contributed by atoms with Crippen LogP contribution < -0.4 is 10.8 Å². The maximum absolute atomic E-state index is 11.7. The lowest BCUT2D eigenvalue weighted by Crippen LogP contribution is -2.36. The van der Waals surface area contributed by atoms with Gasteiger partial charge in [-0.3, -0.25) is 5.32 Å². The first kappa shape index (κ1) is 13.5. The van der Waals surface area contributed by atoms with E-state index in [0.717, 1.165) is 11.3 Å². The van der Waals surface area contributed by atoms with Crippen LogP contribution in [0.3, 0.4) is 0 Å². The number of carbonyl (C=O) groups excluding carboxylic acids is 2. The predicted molar refractivity (Wildman–Crippen MR) is 51.4 cm³/mol. The Hall–Kier alpha value is -1.55. The number of carbonyl (C=O) groups is 2. The number of hydrogen-bond acceptors (Lipinski definition) is 5. The Morgan fingerprint density at radius 3 is 2.59 bits per heavy atom. The molecule has 1 aromatic heterocycles. The lowest BCUT2D eigenvalue weighted by Gasteiger charge is -2.07. The molecule has 0 saturated carbocycles. The van der Waals surface area contributed by atoms with E-state index in [4.69, 9.17) is 11.6 Å². The van der Waals surface area contributed by atoms with Crippen LogP contribution in [-0.4, -0.2) is 23.2 Å². The van der Waals surface area contributed by atoms with Gasteiger partial charge in [0.1, 0.15) is 4.34 Å². The molecule has 17 heavy (non-hydrogen) atoms. The zero-order valence-electron chi connectivity index (χ0n) is 7.67. The third-order valence-corrected chi connectivity index (χ3v) is 2.20. The van der Waals surface area contributed by atoms with E-state index in [1.807, 2.05) is 5.32 Å². The van der Waals surface area contributed by atoms with Crippen LogP contribution in [0.1, 0.15) is 0 Å². The summed E-state index contributed by atoms with van der Waals surface area (Å²) in [7, 11) is 0. The Balaban J connectivity index is 2.39. The number of hydroxylamine groups is 1. The van der Waals surface area contributed by atoms with Crippen LogP contribution in [0.2, 0.25) is 4.34 Å². The second-order valence-corrected chi connectivity index (χ2v) is 4.07. The van der Waals surface area contributed by atoms with Crippen LogP contribution in [-0.2, 0) is 9.63 Å². The van der Waals surface area contributed by atoms with Gasteiger partial charge in [-0.15, -0.1) is 0 Å². The Morgan fingerprint density at radius 2 is 2.12 bits per heavy atom. The molecular formula is C6H3ClF3N3O3S. The zero-order valence-corrected chi connectivity index (χ0v) is 9.24. The Labute approximate surface area is 101 Å². The van der Waals surface area contributed by atoms with Crippen molar-refractivity contribution in [3.63, 3.8) is 0 Å². The lowest BCUT2D eigenvalue weighted by molar-refractivity contribution is -0.204. The number of halogens is 4. The third kappa shape index (κ3) is 4.44. The van der Waals surface area contributed by atoms with Gasteiger partial charge in [0.05, 0.1) is 6.20 Å². The molecule has 1 rings (SSSR count). The fourth-order valence-corrected chi connectivity index (χ4v) is 1.39. The second kappa shape index (κ2) is 5.19. The number of amides is 2. The first-order chi connectivity index (χ1) is 7.79. The minimum absolute atomic E-state index is 0.0376. The van der Waals surface area contributed by atoms with Crippen molar-refractivity contribution in [3.8, 4) is 0 Å². The van der Waals surface area contributed by atoms with Gasteiger partial charge >= 0.3 is 18.2 Å². The maximum atomic E-state index is 11.7. The smallest absolute Gasteiger partial charge is 0.331 e. The van der Waals surface area contributed by atoms with Crippen molar-refractivity contribution < 1.29 is 27.6 Å². The minimum Gasteiger partial charge on any atom is -0.331 e. The topological polar surface area (TPSA) is 80.3 Å². The standard InChI is InChI=1S/C6H3ClF3N3O3S/c7-2-1-11-5(17-2)12-4(15)13-16-3(14)6(8,9)10/h1H,(H2,11,12,13,15). The van der Waals surface area contributed by atoms with E-state index >= 15 is 0 Å². The van der Waals surface area contributed by atoms with Gasteiger partial charge in [-0.25, -0.2) is 14.6 Å². The molecule has 0 bridgehead atoms. The highest BCUT2D eigenvalue weighted by molar-refractivity contribution is 7.19. The van der Waals surface area contributed by atoms with E-state index in [9.17, 15) is 22.8 Å². The summed E-state index contributed by atoms with van der Waals surface area (Å²) in [6.45, 7) is 0. The Morgan fingerprint density at radius 1 is 1.47 bits per heavy atom. The molecule has 0 atom stereocenters. The van der Waals surface area contributed by atoms with Crippen LogP contribution in [0.5, 0.6) is 0 Å². The summed E-state index contributed by atoms with van der Waals surface area (Å²) in [5.41, 5.74) is 1.25. The summed E-state index contributed by atoms with van der Waals surface area (Å²) in [5, 5.41) is 2.04. The molecule has 2 N–H and O–H groups in total. The number of nitrogens with zero attached hydrogens (tertiary/aromatic N) is 1. The van der Waals surface area contributed by atoms with Crippen molar-refractivity contribution in [3.05, 3.63) is 10.5 Å². The van der Waals surface area contributed by atoms with Crippen molar-refractivity contribution >= 4 is 40.1 Å². The van der Waals surface area contributed by atoms with E-state index in [1.165, 1.54) is 11.7 Å². The van der Waals surface area contributed by atoms with E-state index in [-0.39, 0.29) is 9.47 Å². The van der Waals surface area contributed by atoms with Gasteiger partial charge in [-0.2, -0.15) is 18.7 Å². The molecule has 0 aliphatic rings. The van der Waals surface area contributed by atoms with E-state index < -0.39 is 18.2 Å². The van der Waals surface area contributed by atoms with Crippen LogP contribution in [0, 0.1) is 0 Å². The van der Waals surface area contributed by atoms with Crippen molar-refractivity contribution in [2.24, 2.45) is 0 Å². The summed E-state index contributed by atoms with van der Waals surface area (Å²) in [6, 6.07) is -1.19. The Kier molecular flexibility index (Phi) is 4.12. The number of urea groups is 1. The average molecular weight is 290 g/mol. The van der Waals surface area contributed by atoms with Gasteiger partial charge in [0.2, 0.25) is 0 Å². The van der Waals surface area contributed by atoms with Gasteiger partial charge in [0.15, 0.2) is 5.13 Å². The number of nitrogens with one attached hydrogen (secondary N) is 2. The molecule has 0 spiro atoms. The van der Waals surface area contributed by atoms with Gasteiger partial charge < -0.3 is 4.84 Å². The number of rotatable bonds is 1. The fourth-order valence-electron chi connectivity index (χ4n) is 0.585. The molecule has 1 aromatic rings. The molecule has 0 aromatic carbocycles. The lowest BCUT2D eigenvalue weighted by atomic mass is 10.7. The zero-order chi connectivity index (χ0) is 13.1. The summed E-state index contributed by atoms with van der Waals surface area (Å²) >= 11 is 6.36. The summed E-state index contributed by atoms with van der Waals surface area (Å²) < 4.78 is 35.2. The molecule has 2 amide bonds. The first-order valence-corrected chi connectivity index (χ1v) is 4.95. The molecule has 0 aliphatic heterocycles. The maximum Gasteiger partial charge on any atom is 0.493 e.